The normalized spacial score (nSPS) is 10.7. The number of hydrogen-bond donors (Lipinski definition) is 1. The lowest BCUT2D eigenvalue weighted by molar-refractivity contribution is -0.118. The minimum Gasteiger partial charge on any atom is -0.482 e. The van der Waals surface area contributed by atoms with Crippen LogP contribution in [0.4, 0.5) is 5.82 Å². The molecule has 1 N–H and O–H groups in total. The molecule has 1 aromatic heterocycles. The summed E-state index contributed by atoms with van der Waals surface area (Å²) in [5, 5.41) is 7.96. The van der Waals surface area contributed by atoms with E-state index in [-0.39, 0.29) is 12.5 Å². The highest BCUT2D eigenvalue weighted by Gasteiger charge is 2.12. The number of rotatable bonds is 6. The number of hydrogen-bond acceptors (Lipinski definition) is 3. The Morgan fingerprint density at radius 2 is 2.07 bits per heavy atom. The molecule has 0 unspecified atom stereocenters. The minimum absolute atomic E-state index is 0.196. The fraction of sp³-hybridized carbons (Fsp3) is 0.158. The first-order valence-corrected chi connectivity index (χ1v) is 9.62. The first-order chi connectivity index (χ1) is 12.9. The topological polar surface area (TPSA) is 56.2 Å². The summed E-state index contributed by atoms with van der Waals surface area (Å²) in [7, 11) is 0. The molecule has 0 atom stereocenters. The van der Waals surface area contributed by atoms with E-state index in [2.05, 4.69) is 32.4 Å². The van der Waals surface area contributed by atoms with Gasteiger partial charge in [0.1, 0.15) is 5.75 Å². The first kappa shape index (κ1) is 19.7. The summed E-state index contributed by atoms with van der Waals surface area (Å²) in [6.45, 7) is 2.45. The van der Waals surface area contributed by atoms with Crippen molar-refractivity contribution >= 4 is 50.9 Å². The molecule has 0 aliphatic rings. The van der Waals surface area contributed by atoms with Crippen molar-refractivity contribution < 1.29 is 9.53 Å². The number of aromatic nitrogens is 2. The van der Waals surface area contributed by atoms with E-state index in [0.29, 0.717) is 32.6 Å². The molecule has 0 bridgehead atoms. The molecule has 5 nitrogen and oxygen atoms in total. The van der Waals surface area contributed by atoms with Crippen LogP contribution in [-0.4, -0.2) is 22.3 Å². The second kappa shape index (κ2) is 8.78. The second-order valence-electron chi connectivity index (χ2n) is 5.92. The molecule has 0 radical (unpaired) electrons. The van der Waals surface area contributed by atoms with E-state index in [9.17, 15) is 4.79 Å². The maximum Gasteiger partial charge on any atom is 0.263 e. The number of halogens is 3. The zero-order valence-corrected chi connectivity index (χ0v) is 17.5. The maximum absolute atomic E-state index is 12.2. The van der Waals surface area contributed by atoms with Crippen LogP contribution in [0.5, 0.6) is 5.75 Å². The number of ether oxygens (including phenoxy) is 1. The van der Waals surface area contributed by atoms with Crippen LogP contribution < -0.4 is 10.1 Å². The molecule has 0 fully saturated rings. The predicted molar refractivity (Wildman–Crippen MR) is 111 cm³/mol. The van der Waals surface area contributed by atoms with Crippen LogP contribution >= 0.6 is 39.1 Å². The summed E-state index contributed by atoms with van der Waals surface area (Å²) in [6, 6.07) is 13.0. The Bertz CT molecular complexity index is 975. The summed E-state index contributed by atoms with van der Waals surface area (Å²) in [4.78, 5) is 12.2. The first-order valence-electron chi connectivity index (χ1n) is 8.07. The highest BCUT2D eigenvalue weighted by molar-refractivity contribution is 9.10. The number of amides is 1. The quantitative estimate of drug-likeness (QED) is 0.532. The van der Waals surface area contributed by atoms with Crippen molar-refractivity contribution in [1.82, 2.24) is 9.78 Å². The van der Waals surface area contributed by atoms with Gasteiger partial charge in [-0.1, -0.05) is 53.0 Å². The third kappa shape index (κ3) is 5.48. The Kier molecular flexibility index (Phi) is 6.42. The Balaban J connectivity index is 1.60. The van der Waals surface area contributed by atoms with Crippen LogP contribution in [0.25, 0.3) is 0 Å². The van der Waals surface area contributed by atoms with Crippen molar-refractivity contribution in [2.75, 3.05) is 11.9 Å². The van der Waals surface area contributed by atoms with Crippen molar-refractivity contribution in [2.45, 2.75) is 13.5 Å². The molecule has 27 heavy (non-hydrogen) atoms. The van der Waals surface area contributed by atoms with Crippen LogP contribution in [0.1, 0.15) is 11.1 Å². The van der Waals surface area contributed by atoms with Crippen LogP contribution in [0, 0.1) is 6.92 Å². The molecule has 2 aromatic carbocycles. The van der Waals surface area contributed by atoms with Gasteiger partial charge in [0, 0.05) is 11.2 Å². The van der Waals surface area contributed by atoms with Gasteiger partial charge in [-0.05, 0) is 46.6 Å². The van der Waals surface area contributed by atoms with Gasteiger partial charge in [-0.2, -0.15) is 5.10 Å². The highest BCUT2D eigenvalue weighted by atomic mass is 79.9. The molecule has 0 saturated carbocycles. The van der Waals surface area contributed by atoms with Crippen molar-refractivity contribution in [2.24, 2.45) is 0 Å². The lowest BCUT2D eigenvalue weighted by atomic mass is 10.1. The summed E-state index contributed by atoms with van der Waals surface area (Å²) in [5.74, 6) is 0.473. The van der Waals surface area contributed by atoms with Gasteiger partial charge in [0.15, 0.2) is 12.4 Å². The maximum atomic E-state index is 12.2. The SMILES string of the molecule is Cc1cccc(Cn2cc(Br)c(NC(=O)COc3ccc(Cl)cc3Cl)n2)c1. The number of aryl methyl sites for hydroxylation is 1. The zero-order valence-electron chi connectivity index (χ0n) is 14.4. The van der Waals surface area contributed by atoms with Gasteiger partial charge in [0.05, 0.1) is 16.0 Å². The summed E-state index contributed by atoms with van der Waals surface area (Å²) in [5.41, 5.74) is 2.31. The smallest absolute Gasteiger partial charge is 0.263 e. The molecule has 0 aliphatic carbocycles. The van der Waals surface area contributed by atoms with Gasteiger partial charge in [0.25, 0.3) is 5.91 Å². The van der Waals surface area contributed by atoms with Gasteiger partial charge in [-0.25, -0.2) is 0 Å². The Labute approximate surface area is 175 Å². The van der Waals surface area contributed by atoms with E-state index in [1.165, 1.54) is 5.56 Å². The van der Waals surface area contributed by atoms with E-state index in [1.54, 1.807) is 22.9 Å². The van der Waals surface area contributed by atoms with Gasteiger partial charge in [-0.3, -0.25) is 9.48 Å². The van der Waals surface area contributed by atoms with E-state index >= 15 is 0 Å². The predicted octanol–water partition coefficient (Wildman–Crippen LogP) is 5.33. The molecule has 3 aromatic rings. The lowest BCUT2D eigenvalue weighted by Gasteiger charge is -2.08. The highest BCUT2D eigenvalue weighted by Crippen LogP contribution is 2.27. The monoisotopic (exact) mass is 467 g/mol. The third-order valence-corrected chi connectivity index (χ3v) is 4.77. The van der Waals surface area contributed by atoms with E-state index < -0.39 is 0 Å². The molecular weight excluding hydrogens is 453 g/mol. The van der Waals surface area contributed by atoms with Crippen LogP contribution in [0.2, 0.25) is 10.0 Å². The van der Waals surface area contributed by atoms with E-state index in [0.717, 1.165) is 5.56 Å². The van der Waals surface area contributed by atoms with Crippen molar-refractivity contribution in [3.63, 3.8) is 0 Å². The molecular formula is C19H16BrCl2N3O2. The number of carbonyl (C=O) groups excluding carboxylic acids is 1. The summed E-state index contributed by atoms with van der Waals surface area (Å²) >= 11 is 15.3. The largest absolute Gasteiger partial charge is 0.482 e. The van der Waals surface area contributed by atoms with Crippen molar-refractivity contribution in [3.05, 3.63) is 74.3 Å². The fourth-order valence-corrected chi connectivity index (χ4v) is 3.34. The fourth-order valence-electron chi connectivity index (χ4n) is 2.46. The Morgan fingerprint density at radius 1 is 1.26 bits per heavy atom. The summed E-state index contributed by atoms with van der Waals surface area (Å²) < 4.78 is 7.87. The Hall–Kier alpha value is -2.02. The summed E-state index contributed by atoms with van der Waals surface area (Å²) in [6.07, 6.45) is 1.81. The van der Waals surface area contributed by atoms with Crippen LogP contribution in [-0.2, 0) is 11.3 Å². The number of benzene rings is 2. The van der Waals surface area contributed by atoms with Gasteiger partial charge in [0.2, 0.25) is 0 Å². The molecule has 140 valence electrons. The number of anilines is 1. The van der Waals surface area contributed by atoms with E-state index in [1.807, 2.05) is 31.3 Å². The number of nitrogens with zero attached hydrogens (tertiary/aromatic N) is 2. The number of nitrogens with one attached hydrogen (secondary N) is 1. The molecule has 0 aliphatic heterocycles. The molecule has 1 amide bonds. The van der Waals surface area contributed by atoms with Crippen LogP contribution in [0.3, 0.4) is 0 Å². The standard InChI is InChI=1S/C19H16BrCl2N3O2/c1-12-3-2-4-13(7-12)9-25-10-15(20)19(24-25)23-18(26)11-27-17-6-5-14(21)8-16(17)22/h2-8,10H,9,11H2,1H3,(H,23,24,26). The lowest BCUT2D eigenvalue weighted by Crippen LogP contribution is -2.21. The zero-order chi connectivity index (χ0) is 19.4. The average Bonchev–Trinajstić information content (AvgIpc) is 2.93. The van der Waals surface area contributed by atoms with Crippen LogP contribution in [0.15, 0.2) is 53.1 Å². The molecule has 1 heterocycles. The van der Waals surface area contributed by atoms with Gasteiger partial charge >= 0.3 is 0 Å². The second-order valence-corrected chi connectivity index (χ2v) is 7.62. The Morgan fingerprint density at radius 3 is 2.81 bits per heavy atom. The third-order valence-electron chi connectivity index (χ3n) is 3.65. The minimum atomic E-state index is -0.345. The number of carbonyl (C=O) groups is 1. The molecule has 3 rings (SSSR count). The van der Waals surface area contributed by atoms with E-state index in [4.69, 9.17) is 27.9 Å². The molecule has 0 spiro atoms. The molecule has 8 heteroatoms. The van der Waals surface area contributed by atoms with Gasteiger partial charge in [-0.15, -0.1) is 0 Å². The average molecular weight is 469 g/mol. The van der Waals surface area contributed by atoms with Crippen molar-refractivity contribution in [3.8, 4) is 5.75 Å². The van der Waals surface area contributed by atoms with Gasteiger partial charge < -0.3 is 10.1 Å². The van der Waals surface area contributed by atoms with Crippen molar-refractivity contribution in [1.29, 1.82) is 0 Å². The molecule has 0 saturated heterocycles.